The van der Waals surface area contributed by atoms with Gasteiger partial charge in [0.15, 0.2) is 0 Å². The highest BCUT2D eigenvalue weighted by Gasteiger charge is 2.21. The minimum Gasteiger partial charge on any atom is -0.348 e. The lowest BCUT2D eigenvalue weighted by Gasteiger charge is -2.25. The van der Waals surface area contributed by atoms with Gasteiger partial charge in [-0.3, -0.25) is 9.78 Å². The van der Waals surface area contributed by atoms with Crippen molar-refractivity contribution in [2.24, 2.45) is 0 Å². The van der Waals surface area contributed by atoms with Gasteiger partial charge >= 0.3 is 0 Å². The molecule has 3 rings (SSSR count). The molecule has 1 aliphatic rings. The van der Waals surface area contributed by atoms with E-state index in [-0.39, 0.29) is 5.91 Å². The Kier molecular flexibility index (Phi) is 2.73. The standard InChI is InChI=1S/C13H12N2OS/c16-13(15-10-7-17-8-10)12-6-14-5-9-3-1-2-4-11(9)12/h1-6,10H,7-8H2,(H,15,16). The first-order valence-electron chi connectivity index (χ1n) is 5.56. The van der Waals surface area contributed by atoms with Crippen molar-refractivity contribution < 1.29 is 4.79 Å². The van der Waals surface area contributed by atoms with Gasteiger partial charge in [-0.15, -0.1) is 0 Å². The van der Waals surface area contributed by atoms with Crippen LogP contribution in [0, 0.1) is 0 Å². The zero-order chi connectivity index (χ0) is 11.7. The molecule has 1 fully saturated rings. The Labute approximate surface area is 104 Å². The Morgan fingerprint density at radius 2 is 2.12 bits per heavy atom. The quantitative estimate of drug-likeness (QED) is 0.879. The van der Waals surface area contributed by atoms with Crippen molar-refractivity contribution in [2.45, 2.75) is 6.04 Å². The number of carbonyl (C=O) groups is 1. The smallest absolute Gasteiger partial charge is 0.253 e. The Hall–Kier alpha value is -1.55. The SMILES string of the molecule is O=C(NC1CSC1)c1cncc2ccccc12. The van der Waals surface area contributed by atoms with E-state index in [1.807, 2.05) is 36.0 Å². The van der Waals surface area contributed by atoms with Crippen LogP contribution < -0.4 is 5.32 Å². The number of fused-ring (bicyclic) bond motifs is 1. The van der Waals surface area contributed by atoms with Crippen molar-refractivity contribution in [1.82, 2.24) is 10.3 Å². The number of benzene rings is 1. The lowest BCUT2D eigenvalue weighted by Crippen LogP contribution is -2.43. The minimum atomic E-state index is -0.0143. The molecule has 0 atom stereocenters. The van der Waals surface area contributed by atoms with Gasteiger partial charge in [-0.05, 0) is 5.39 Å². The molecule has 0 bridgehead atoms. The van der Waals surface area contributed by atoms with Crippen LogP contribution in [0.4, 0.5) is 0 Å². The molecular weight excluding hydrogens is 232 g/mol. The van der Waals surface area contributed by atoms with E-state index in [4.69, 9.17) is 0 Å². The number of carbonyl (C=O) groups excluding carboxylic acids is 1. The fourth-order valence-corrected chi connectivity index (χ4v) is 2.52. The van der Waals surface area contributed by atoms with Crippen LogP contribution in [0.15, 0.2) is 36.7 Å². The van der Waals surface area contributed by atoms with Crippen molar-refractivity contribution in [3.05, 3.63) is 42.2 Å². The molecule has 86 valence electrons. The average molecular weight is 244 g/mol. The third kappa shape index (κ3) is 2.00. The van der Waals surface area contributed by atoms with Crippen LogP contribution in [0.5, 0.6) is 0 Å². The Morgan fingerprint density at radius 1 is 1.29 bits per heavy atom. The Bertz CT molecular complexity index is 561. The normalized spacial score (nSPS) is 15.5. The van der Waals surface area contributed by atoms with Crippen molar-refractivity contribution >= 4 is 28.4 Å². The van der Waals surface area contributed by atoms with Crippen LogP contribution in [0.2, 0.25) is 0 Å². The van der Waals surface area contributed by atoms with Gasteiger partial charge < -0.3 is 5.32 Å². The molecule has 1 amide bonds. The Morgan fingerprint density at radius 3 is 2.88 bits per heavy atom. The molecule has 0 spiro atoms. The summed E-state index contributed by atoms with van der Waals surface area (Å²) in [5.74, 6) is 2.02. The molecule has 1 N–H and O–H groups in total. The summed E-state index contributed by atoms with van der Waals surface area (Å²) in [6.07, 6.45) is 3.43. The van der Waals surface area contributed by atoms with E-state index in [9.17, 15) is 4.79 Å². The van der Waals surface area contributed by atoms with Gasteiger partial charge in [-0.1, -0.05) is 24.3 Å². The van der Waals surface area contributed by atoms with Gasteiger partial charge in [0.25, 0.3) is 5.91 Å². The first-order chi connectivity index (χ1) is 8.34. The molecule has 4 heteroatoms. The molecule has 2 heterocycles. The van der Waals surface area contributed by atoms with E-state index in [1.165, 1.54) is 0 Å². The number of aromatic nitrogens is 1. The summed E-state index contributed by atoms with van der Waals surface area (Å²) in [6, 6.07) is 8.15. The van der Waals surface area contributed by atoms with Crippen LogP contribution in [-0.2, 0) is 0 Å². The summed E-state index contributed by atoms with van der Waals surface area (Å²) in [5.41, 5.74) is 0.667. The zero-order valence-electron chi connectivity index (χ0n) is 9.22. The maximum Gasteiger partial charge on any atom is 0.253 e. The van der Waals surface area contributed by atoms with E-state index < -0.39 is 0 Å². The summed E-state index contributed by atoms with van der Waals surface area (Å²) >= 11 is 1.86. The summed E-state index contributed by atoms with van der Waals surface area (Å²) in [7, 11) is 0. The van der Waals surface area contributed by atoms with E-state index in [0.29, 0.717) is 11.6 Å². The molecule has 1 aromatic heterocycles. The third-order valence-electron chi connectivity index (χ3n) is 2.89. The van der Waals surface area contributed by atoms with Crippen LogP contribution in [0.3, 0.4) is 0 Å². The number of pyridine rings is 1. The highest BCUT2D eigenvalue weighted by Crippen LogP contribution is 2.20. The molecule has 0 unspecified atom stereocenters. The molecule has 0 aliphatic carbocycles. The summed E-state index contributed by atoms with van der Waals surface area (Å²) in [6.45, 7) is 0. The maximum atomic E-state index is 12.1. The zero-order valence-corrected chi connectivity index (χ0v) is 10.0. The van der Waals surface area contributed by atoms with Gasteiger partial charge in [-0.25, -0.2) is 0 Å². The monoisotopic (exact) mass is 244 g/mol. The molecule has 1 aromatic carbocycles. The summed E-state index contributed by atoms with van der Waals surface area (Å²) < 4.78 is 0. The van der Waals surface area contributed by atoms with Crippen LogP contribution in [-0.4, -0.2) is 28.4 Å². The third-order valence-corrected chi connectivity index (χ3v) is 4.16. The highest BCUT2D eigenvalue weighted by molar-refractivity contribution is 8.00. The van der Waals surface area contributed by atoms with Gasteiger partial charge in [0.1, 0.15) is 0 Å². The van der Waals surface area contributed by atoms with Crippen molar-refractivity contribution in [3.8, 4) is 0 Å². The number of thioether (sulfide) groups is 1. The maximum absolute atomic E-state index is 12.1. The predicted octanol–water partition coefficient (Wildman–Crippen LogP) is 2.08. The van der Waals surface area contributed by atoms with Gasteiger partial charge in [0.2, 0.25) is 0 Å². The fourth-order valence-electron chi connectivity index (χ4n) is 1.88. The topological polar surface area (TPSA) is 42.0 Å². The van der Waals surface area contributed by atoms with Gasteiger partial charge in [0, 0.05) is 35.3 Å². The summed E-state index contributed by atoms with van der Waals surface area (Å²) in [5, 5.41) is 4.99. The second-order valence-corrected chi connectivity index (χ2v) is 5.19. The largest absolute Gasteiger partial charge is 0.348 e. The van der Waals surface area contributed by atoms with Crippen molar-refractivity contribution in [3.63, 3.8) is 0 Å². The molecule has 1 saturated heterocycles. The number of nitrogens with one attached hydrogen (secondary N) is 1. The molecule has 0 saturated carbocycles. The minimum absolute atomic E-state index is 0.0143. The van der Waals surface area contributed by atoms with Gasteiger partial charge in [0.05, 0.1) is 5.56 Å². The number of nitrogens with zero attached hydrogens (tertiary/aromatic N) is 1. The van der Waals surface area contributed by atoms with Gasteiger partial charge in [-0.2, -0.15) is 11.8 Å². The first-order valence-corrected chi connectivity index (χ1v) is 6.71. The number of hydrogen-bond donors (Lipinski definition) is 1. The molecule has 3 nitrogen and oxygen atoms in total. The van der Waals surface area contributed by atoms with Crippen molar-refractivity contribution in [2.75, 3.05) is 11.5 Å². The molecule has 1 aliphatic heterocycles. The van der Waals surface area contributed by atoms with E-state index >= 15 is 0 Å². The first kappa shape index (κ1) is 10.6. The second kappa shape index (κ2) is 4.37. The lowest BCUT2D eigenvalue weighted by atomic mass is 10.1. The second-order valence-electron chi connectivity index (χ2n) is 4.12. The van der Waals surface area contributed by atoms with E-state index in [2.05, 4.69) is 10.3 Å². The van der Waals surface area contributed by atoms with Crippen molar-refractivity contribution in [1.29, 1.82) is 0 Å². The fraction of sp³-hybridized carbons (Fsp3) is 0.231. The average Bonchev–Trinajstić information content (AvgIpc) is 2.33. The van der Waals surface area contributed by atoms with E-state index in [0.717, 1.165) is 22.3 Å². The van der Waals surface area contributed by atoms with E-state index in [1.54, 1.807) is 12.4 Å². The van der Waals surface area contributed by atoms with Crippen LogP contribution >= 0.6 is 11.8 Å². The molecule has 17 heavy (non-hydrogen) atoms. The Balaban J connectivity index is 1.95. The molecular formula is C13H12N2OS. The molecule has 2 aromatic rings. The number of hydrogen-bond acceptors (Lipinski definition) is 3. The lowest BCUT2D eigenvalue weighted by molar-refractivity contribution is 0.0944. The summed E-state index contributed by atoms with van der Waals surface area (Å²) in [4.78, 5) is 16.2. The number of rotatable bonds is 2. The molecule has 0 radical (unpaired) electrons. The highest BCUT2D eigenvalue weighted by atomic mass is 32.2. The predicted molar refractivity (Wildman–Crippen MR) is 70.3 cm³/mol. The van der Waals surface area contributed by atoms with Crippen LogP contribution in [0.1, 0.15) is 10.4 Å². The number of amides is 1. The van der Waals surface area contributed by atoms with Crippen LogP contribution in [0.25, 0.3) is 10.8 Å².